The largest absolute Gasteiger partial charge is 0.321 e. The van der Waals surface area contributed by atoms with Gasteiger partial charge in [0.25, 0.3) is 5.91 Å². The quantitative estimate of drug-likeness (QED) is 0.610. The zero-order valence-corrected chi connectivity index (χ0v) is 18.3. The smallest absolute Gasteiger partial charge is 0.256 e. The summed E-state index contributed by atoms with van der Waals surface area (Å²) >= 11 is 3.37. The number of nitrogens with one attached hydrogen (secondary N) is 1. The van der Waals surface area contributed by atoms with Crippen LogP contribution in [0.5, 0.6) is 0 Å². The Bertz CT molecular complexity index is 1210. The van der Waals surface area contributed by atoms with Crippen molar-refractivity contribution in [2.45, 2.75) is 24.7 Å². The highest BCUT2D eigenvalue weighted by atomic mass is 79.9. The van der Waals surface area contributed by atoms with Gasteiger partial charge in [-0.1, -0.05) is 6.07 Å². The van der Waals surface area contributed by atoms with Crippen LogP contribution in [0.1, 0.15) is 28.8 Å². The van der Waals surface area contributed by atoms with Crippen molar-refractivity contribution < 1.29 is 13.2 Å². The molecule has 2 aromatic carbocycles. The summed E-state index contributed by atoms with van der Waals surface area (Å²) in [5.41, 5.74) is 2.72. The van der Waals surface area contributed by atoms with Crippen molar-refractivity contribution in [3.63, 3.8) is 0 Å². The van der Waals surface area contributed by atoms with Crippen molar-refractivity contribution in [2.75, 3.05) is 18.4 Å². The molecule has 0 spiro atoms. The molecule has 4 rings (SSSR count). The number of nitrogens with zero attached hydrogens (tertiary/aromatic N) is 2. The van der Waals surface area contributed by atoms with Crippen LogP contribution in [0.4, 0.5) is 5.69 Å². The fraction of sp³-hybridized carbons (Fsp3) is 0.238. The topological polar surface area (TPSA) is 79.4 Å². The van der Waals surface area contributed by atoms with Gasteiger partial charge < -0.3 is 5.32 Å². The summed E-state index contributed by atoms with van der Waals surface area (Å²) in [6.45, 7) is 2.99. The fourth-order valence-electron chi connectivity index (χ4n) is 3.53. The summed E-state index contributed by atoms with van der Waals surface area (Å²) < 4.78 is 27.7. The summed E-state index contributed by atoms with van der Waals surface area (Å²) in [5.74, 6) is -0.385. The standard InChI is InChI=1S/C21H20BrN3O3S/c1-14-6-9-19(16-5-4-10-23-20(14)16)24-21(26)17-13-15(7-8-18(17)22)29(27,28)25-11-2-3-12-25/h4-10,13H,2-3,11-12H2,1H3,(H,24,26). The zero-order chi connectivity index (χ0) is 20.6. The number of pyridine rings is 1. The first kappa shape index (κ1) is 20.0. The van der Waals surface area contributed by atoms with Gasteiger partial charge in [-0.15, -0.1) is 0 Å². The molecule has 150 valence electrons. The van der Waals surface area contributed by atoms with Crippen LogP contribution in [0.15, 0.2) is 58.0 Å². The molecule has 6 nitrogen and oxygen atoms in total. The van der Waals surface area contributed by atoms with E-state index in [4.69, 9.17) is 0 Å². The lowest BCUT2D eigenvalue weighted by Crippen LogP contribution is -2.28. The summed E-state index contributed by atoms with van der Waals surface area (Å²) in [6, 6.07) is 12.0. The molecule has 0 saturated carbocycles. The monoisotopic (exact) mass is 473 g/mol. The van der Waals surface area contributed by atoms with Gasteiger partial charge >= 0.3 is 0 Å². The second-order valence-corrected chi connectivity index (χ2v) is 9.83. The van der Waals surface area contributed by atoms with Crippen LogP contribution in [0.3, 0.4) is 0 Å². The zero-order valence-electron chi connectivity index (χ0n) is 15.9. The minimum atomic E-state index is -3.60. The third-order valence-electron chi connectivity index (χ3n) is 5.10. The van der Waals surface area contributed by atoms with Gasteiger partial charge in [0.2, 0.25) is 10.0 Å². The van der Waals surface area contributed by atoms with Crippen molar-refractivity contribution in [2.24, 2.45) is 0 Å². The Kier molecular flexibility index (Phi) is 5.42. The van der Waals surface area contributed by atoms with Crippen LogP contribution in [0.25, 0.3) is 10.9 Å². The molecule has 8 heteroatoms. The van der Waals surface area contributed by atoms with Gasteiger partial charge in [0, 0.05) is 29.1 Å². The number of hydrogen-bond acceptors (Lipinski definition) is 4. The van der Waals surface area contributed by atoms with Crippen LogP contribution in [-0.4, -0.2) is 36.7 Å². The van der Waals surface area contributed by atoms with Gasteiger partial charge in [-0.3, -0.25) is 9.78 Å². The third kappa shape index (κ3) is 3.80. The number of carbonyl (C=O) groups is 1. The van der Waals surface area contributed by atoms with E-state index in [-0.39, 0.29) is 16.4 Å². The van der Waals surface area contributed by atoms with Crippen molar-refractivity contribution in [3.8, 4) is 0 Å². The maximum atomic E-state index is 13.0. The molecule has 29 heavy (non-hydrogen) atoms. The Morgan fingerprint density at radius 3 is 2.66 bits per heavy atom. The second-order valence-electron chi connectivity index (χ2n) is 7.04. The van der Waals surface area contributed by atoms with Gasteiger partial charge in [0.1, 0.15) is 0 Å². The molecule has 0 unspecified atom stereocenters. The normalized spacial score (nSPS) is 15.0. The average molecular weight is 474 g/mol. The van der Waals surface area contributed by atoms with Crippen LogP contribution in [0, 0.1) is 6.92 Å². The lowest BCUT2D eigenvalue weighted by Gasteiger charge is -2.17. The lowest BCUT2D eigenvalue weighted by atomic mass is 10.1. The number of rotatable bonds is 4. The Morgan fingerprint density at radius 1 is 1.14 bits per heavy atom. The average Bonchev–Trinajstić information content (AvgIpc) is 3.26. The summed E-state index contributed by atoms with van der Waals surface area (Å²) in [7, 11) is -3.60. The van der Waals surface area contributed by atoms with E-state index in [0.717, 1.165) is 29.3 Å². The molecule has 1 amide bonds. The van der Waals surface area contributed by atoms with Crippen LogP contribution in [-0.2, 0) is 10.0 Å². The van der Waals surface area contributed by atoms with Crippen molar-refractivity contribution >= 4 is 48.5 Å². The van der Waals surface area contributed by atoms with Gasteiger partial charge in [0.05, 0.1) is 21.7 Å². The predicted octanol–water partition coefficient (Wildman–Crippen LogP) is 4.34. The van der Waals surface area contributed by atoms with E-state index >= 15 is 0 Å². The molecule has 1 N–H and O–H groups in total. The number of halogens is 1. The molecule has 1 aliphatic heterocycles. The molecule has 1 saturated heterocycles. The number of aromatic nitrogens is 1. The van der Waals surface area contributed by atoms with Crippen molar-refractivity contribution in [3.05, 3.63) is 64.3 Å². The van der Waals surface area contributed by atoms with Crippen molar-refractivity contribution in [1.29, 1.82) is 0 Å². The molecule has 0 bridgehead atoms. The highest BCUT2D eigenvalue weighted by Crippen LogP contribution is 2.28. The molecule has 2 heterocycles. The number of benzene rings is 2. The first-order valence-electron chi connectivity index (χ1n) is 9.33. The molecular weight excluding hydrogens is 454 g/mol. The third-order valence-corrected chi connectivity index (χ3v) is 7.69. The molecule has 3 aromatic rings. The number of anilines is 1. The Morgan fingerprint density at radius 2 is 1.90 bits per heavy atom. The Balaban J connectivity index is 1.69. The highest BCUT2D eigenvalue weighted by Gasteiger charge is 2.28. The number of hydrogen-bond donors (Lipinski definition) is 1. The summed E-state index contributed by atoms with van der Waals surface area (Å²) in [6.07, 6.45) is 3.43. The first-order valence-corrected chi connectivity index (χ1v) is 11.6. The van der Waals surface area contributed by atoms with Gasteiger partial charge in [0.15, 0.2) is 0 Å². The number of aryl methyl sites for hydroxylation is 1. The number of amides is 1. The molecule has 1 aliphatic rings. The van der Waals surface area contributed by atoms with E-state index in [1.54, 1.807) is 12.3 Å². The maximum absolute atomic E-state index is 13.0. The maximum Gasteiger partial charge on any atom is 0.256 e. The second kappa shape index (κ2) is 7.85. The number of carbonyl (C=O) groups excluding carboxylic acids is 1. The lowest BCUT2D eigenvalue weighted by molar-refractivity contribution is 0.102. The van der Waals surface area contributed by atoms with Crippen LogP contribution >= 0.6 is 15.9 Å². The Hall–Kier alpha value is -2.29. The molecular formula is C21H20BrN3O3S. The van der Waals surface area contributed by atoms with Crippen LogP contribution < -0.4 is 5.32 Å². The molecule has 1 aromatic heterocycles. The van der Waals surface area contributed by atoms with Crippen LogP contribution in [0.2, 0.25) is 0 Å². The van der Waals surface area contributed by atoms with Gasteiger partial charge in [-0.2, -0.15) is 4.31 Å². The highest BCUT2D eigenvalue weighted by molar-refractivity contribution is 9.10. The number of sulfonamides is 1. The van der Waals surface area contributed by atoms with E-state index in [9.17, 15) is 13.2 Å². The van der Waals surface area contributed by atoms with E-state index in [1.165, 1.54) is 16.4 Å². The SMILES string of the molecule is Cc1ccc(NC(=O)c2cc(S(=O)(=O)N3CCCC3)ccc2Br)c2cccnc12. The van der Waals surface area contributed by atoms with Crippen molar-refractivity contribution in [1.82, 2.24) is 9.29 Å². The first-order chi connectivity index (χ1) is 13.9. The van der Waals surface area contributed by atoms with Gasteiger partial charge in [-0.25, -0.2) is 8.42 Å². The minimum absolute atomic E-state index is 0.128. The number of fused-ring (bicyclic) bond motifs is 1. The van der Waals surface area contributed by atoms with E-state index in [1.807, 2.05) is 31.2 Å². The van der Waals surface area contributed by atoms with E-state index in [2.05, 4.69) is 26.2 Å². The van der Waals surface area contributed by atoms with Gasteiger partial charge in [-0.05, 0) is 77.7 Å². The molecule has 0 radical (unpaired) electrons. The Labute approximate surface area is 178 Å². The molecule has 1 fully saturated rings. The molecule has 0 aliphatic carbocycles. The predicted molar refractivity (Wildman–Crippen MR) is 117 cm³/mol. The fourth-order valence-corrected chi connectivity index (χ4v) is 5.50. The van der Waals surface area contributed by atoms with E-state index < -0.39 is 10.0 Å². The summed E-state index contributed by atoms with van der Waals surface area (Å²) in [5, 5.41) is 3.73. The van der Waals surface area contributed by atoms with E-state index in [0.29, 0.717) is 23.2 Å². The minimum Gasteiger partial charge on any atom is -0.321 e. The summed E-state index contributed by atoms with van der Waals surface area (Å²) in [4.78, 5) is 17.5. The molecule has 0 atom stereocenters.